The number of carboxylic acids is 1. The molecule has 144 valence electrons. The summed E-state index contributed by atoms with van der Waals surface area (Å²) in [7, 11) is 0. The number of hydrogen-bond donors (Lipinski definition) is 2. The first-order valence-corrected chi connectivity index (χ1v) is 10.0. The Labute approximate surface area is 164 Å². The Hall–Kier alpha value is -2.47. The van der Waals surface area contributed by atoms with E-state index in [9.17, 15) is 14.7 Å². The largest absolute Gasteiger partial charge is 0.494 e. The molecule has 5 nitrogen and oxygen atoms in total. The average Bonchev–Trinajstić information content (AvgIpc) is 2.66. The zero-order chi connectivity index (χ0) is 19.8. The number of amides is 1. The van der Waals surface area contributed by atoms with Gasteiger partial charge < -0.3 is 15.2 Å². The summed E-state index contributed by atoms with van der Waals surface area (Å²) in [4.78, 5) is 25.1. The third-order valence-electron chi connectivity index (χ3n) is 4.26. The molecule has 2 N–H and O–H groups in total. The van der Waals surface area contributed by atoms with Gasteiger partial charge in [-0.15, -0.1) is 11.8 Å². The Morgan fingerprint density at radius 2 is 1.89 bits per heavy atom. The van der Waals surface area contributed by atoms with Gasteiger partial charge in [0.1, 0.15) is 5.75 Å². The van der Waals surface area contributed by atoms with E-state index < -0.39 is 11.9 Å². The second kappa shape index (κ2) is 10.0. The normalized spacial score (nSPS) is 11.7. The minimum Gasteiger partial charge on any atom is -0.494 e. The molecule has 6 heteroatoms. The molecule has 0 radical (unpaired) electrons. The van der Waals surface area contributed by atoms with Crippen molar-refractivity contribution in [1.29, 1.82) is 0 Å². The number of carboxylic acid groups (broad SMARTS) is 1. The van der Waals surface area contributed by atoms with Gasteiger partial charge in [-0.1, -0.05) is 18.2 Å². The predicted molar refractivity (Wildman–Crippen MR) is 108 cm³/mol. The van der Waals surface area contributed by atoms with Gasteiger partial charge in [-0.2, -0.15) is 0 Å². The standard InChI is InChI=1S/C21H25NO4S/c1-4-26-17-8-6-15(7-9-17)11-16(21(24)25)13-22-20(23)19-12-18(27-3)10-5-14(19)2/h5-10,12,16H,4,11,13H2,1-3H3,(H,22,23)(H,24,25). The lowest BCUT2D eigenvalue weighted by Gasteiger charge is -2.15. The van der Waals surface area contributed by atoms with Crippen molar-refractivity contribution in [1.82, 2.24) is 5.32 Å². The molecule has 0 heterocycles. The molecule has 0 aromatic heterocycles. The van der Waals surface area contributed by atoms with E-state index in [0.717, 1.165) is 21.8 Å². The molecule has 27 heavy (non-hydrogen) atoms. The fraction of sp³-hybridized carbons (Fsp3) is 0.333. The Morgan fingerprint density at radius 3 is 2.48 bits per heavy atom. The molecule has 0 aliphatic carbocycles. The minimum atomic E-state index is -0.932. The van der Waals surface area contributed by atoms with Gasteiger partial charge in [-0.05, 0) is 61.9 Å². The van der Waals surface area contributed by atoms with E-state index in [0.29, 0.717) is 18.6 Å². The number of hydrogen-bond acceptors (Lipinski definition) is 4. The molecule has 0 saturated heterocycles. The molecular formula is C21H25NO4S. The third kappa shape index (κ3) is 6.03. The van der Waals surface area contributed by atoms with Gasteiger partial charge in [0.2, 0.25) is 0 Å². The summed E-state index contributed by atoms with van der Waals surface area (Å²) in [5, 5.41) is 12.3. The van der Waals surface area contributed by atoms with Gasteiger partial charge in [0.25, 0.3) is 5.91 Å². The van der Waals surface area contributed by atoms with Gasteiger partial charge >= 0.3 is 5.97 Å². The molecule has 0 fully saturated rings. The maximum Gasteiger partial charge on any atom is 0.308 e. The summed E-state index contributed by atoms with van der Waals surface area (Å²) in [6.07, 6.45) is 2.29. The summed E-state index contributed by atoms with van der Waals surface area (Å²) in [6, 6.07) is 13.1. The first kappa shape index (κ1) is 20.8. The smallest absolute Gasteiger partial charge is 0.308 e. The Morgan fingerprint density at radius 1 is 1.19 bits per heavy atom. The predicted octanol–water partition coefficient (Wildman–Crippen LogP) is 3.79. The molecule has 1 amide bonds. The lowest BCUT2D eigenvalue weighted by atomic mass is 9.99. The van der Waals surface area contributed by atoms with Crippen molar-refractivity contribution in [2.45, 2.75) is 25.2 Å². The van der Waals surface area contributed by atoms with Gasteiger partial charge in [0.15, 0.2) is 0 Å². The molecule has 0 saturated carbocycles. The van der Waals surface area contributed by atoms with Crippen LogP contribution in [0, 0.1) is 12.8 Å². The van der Waals surface area contributed by atoms with Gasteiger partial charge in [0.05, 0.1) is 12.5 Å². The van der Waals surface area contributed by atoms with Crippen molar-refractivity contribution in [2.24, 2.45) is 5.92 Å². The average molecular weight is 388 g/mol. The zero-order valence-electron chi connectivity index (χ0n) is 15.8. The van der Waals surface area contributed by atoms with Crippen molar-refractivity contribution in [3.8, 4) is 5.75 Å². The highest BCUT2D eigenvalue weighted by Crippen LogP contribution is 2.19. The summed E-state index contributed by atoms with van der Waals surface area (Å²) in [5.74, 6) is -1.12. The number of aliphatic carboxylic acids is 1. The number of ether oxygens (including phenoxy) is 1. The fourth-order valence-electron chi connectivity index (χ4n) is 2.70. The molecule has 2 aromatic rings. The SMILES string of the molecule is CCOc1ccc(CC(CNC(=O)c2cc(SC)ccc2C)C(=O)O)cc1. The van der Waals surface area contributed by atoms with Gasteiger partial charge in [-0.25, -0.2) is 0 Å². The Bertz CT molecular complexity index is 789. The fourth-order valence-corrected chi connectivity index (χ4v) is 3.14. The van der Waals surface area contributed by atoms with Crippen LogP contribution < -0.4 is 10.1 Å². The van der Waals surface area contributed by atoms with Crippen molar-refractivity contribution in [3.63, 3.8) is 0 Å². The van der Waals surface area contributed by atoms with E-state index in [-0.39, 0.29) is 12.5 Å². The van der Waals surface area contributed by atoms with Crippen LogP contribution in [0.3, 0.4) is 0 Å². The van der Waals surface area contributed by atoms with Crippen LogP contribution in [-0.4, -0.2) is 36.4 Å². The van der Waals surface area contributed by atoms with Crippen LogP contribution >= 0.6 is 11.8 Å². The van der Waals surface area contributed by atoms with Crippen LogP contribution in [0.2, 0.25) is 0 Å². The quantitative estimate of drug-likeness (QED) is 0.640. The van der Waals surface area contributed by atoms with Crippen LogP contribution in [0.15, 0.2) is 47.4 Å². The zero-order valence-corrected chi connectivity index (χ0v) is 16.6. The number of carbonyl (C=O) groups is 2. The van der Waals surface area contributed by atoms with Crippen molar-refractivity contribution in [2.75, 3.05) is 19.4 Å². The van der Waals surface area contributed by atoms with Crippen LogP contribution in [0.1, 0.15) is 28.4 Å². The van der Waals surface area contributed by atoms with Gasteiger partial charge in [0, 0.05) is 17.0 Å². The van der Waals surface area contributed by atoms with Crippen LogP contribution in [0.5, 0.6) is 5.75 Å². The number of carbonyl (C=O) groups excluding carboxylic acids is 1. The molecule has 1 atom stereocenters. The molecule has 0 aliphatic rings. The number of thioether (sulfide) groups is 1. The lowest BCUT2D eigenvalue weighted by Crippen LogP contribution is -2.34. The number of rotatable bonds is 9. The second-order valence-electron chi connectivity index (χ2n) is 6.21. The van der Waals surface area contributed by atoms with Gasteiger partial charge in [-0.3, -0.25) is 9.59 Å². The summed E-state index contributed by atoms with van der Waals surface area (Å²) < 4.78 is 5.40. The van der Waals surface area contributed by atoms with E-state index in [4.69, 9.17) is 4.74 Å². The number of benzene rings is 2. The summed E-state index contributed by atoms with van der Waals surface area (Å²) in [5.41, 5.74) is 2.33. The summed E-state index contributed by atoms with van der Waals surface area (Å²) >= 11 is 1.56. The van der Waals surface area contributed by atoms with E-state index in [1.165, 1.54) is 0 Å². The third-order valence-corrected chi connectivity index (χ3v) is 4.99. The Kier molecular flexibility index (Phi) is 7.73. The molecule has 0 aliphatic heterocycles. The topological polar surface area (TPSA) is 75.6 Å². The summed E-state index contributed by atoms with van der Waals surface area (Å²) in [6.45, 7) is 4.44. The Balaban J connectivity index is 2.02. The van der Waals surface area contributed by atoms with Crippen LogP contribution in [0.25, 0.3) is 0 Å². The monoisotopic (exact) mass is 387 g/mol. The highest BCUT2D eigenvalue weighted by atomic mass is 32.2. The van der Waals surface area contributed by atoms with E-state index >= 15 is 0 Å². The molecule has 2 aromatic carbocycles. The lowest BCUT2D eigenvalue weighted by molar-refractivity contribution is -0.141. The highest BCUT2D eigenvalue weighted by Gasteiger charge is 2.20. The van der Waals surface area contributed by atoms with E-state index in [1.54, 1.807) is 11.8 Å². The minimum absolute atomic E-state index is 0.0737. The molecule has 1 unspecified atom stereocenters. The van der Waals surface area contributed by atoms with Crippen LogP contribution in [-0.2, 0) is 11.2 Å². The first-order chi connectivity index (χ1) is 12.9. The number of aryl methyl sites for hydroxylation is 1. The van der Waals surface area contributed by atoms with Crippen molar-refractivity contribution >= 4 is 23.6 Å². The molecule has 0 bridgehead atoms. The molecule has 0 spiro atoms. The molecular weight excluding hydrogens is 362 g/mol. The second-order valence-corrected chi connectivity index (χ2v) is 7.09. The molecule has 2 rings (SSSR count). The maximum absolute atomic E-state index is 12.5. The van der Waals surface area contributed by atoms with Crippen LogP contribution in [0.4, 0.5) is 0 Å². The maximum atomic E-state index is 12.5. The number of nitrogens with one attached hydrogen (secondary N) is 1. The first-order valence-electron chi connectivity index (χ1n) is 8.82. The highest BCUT2D eigenvalue weighted by molar-refractivity contribution is 7.98. The van der Waals surface area contributed by atoms with Crippen molar-refractivity contribution < 1.29 is 19.4 Å². The van der Waals surface area contributed by atoms with E-state index in [2.05, 4.69) is 5.32 Å². The van der Waals surface area contributed by atoms with Crippen molar-refractivity contribution in [3.05, 3.63) is 59.2 Å². The van der Waals surface area contributed by atoms with E-state index in [1.807, 2.05) is 62.6 Å².